The number of nitrogens with zero attached hydrogens (tertiary/aromatic N) is 1. The Morgan fingerprint density at radius 1 is 1.00 bits per heavy atom. The first-order valence-corrected chi connectivity index (χ1v) is 6.70. The summed E-state index contributed by atoms with van der Waals surface area (Å²) in [4.78, 5) is 19.6. The van der Waals surface area contributed by atoms with Crippen LogP contribution in [0.25, 0.3) is 11.3 Å². The van der Waals surface area contributed by atoms with Crippen molar-refractivity contribution in [1.82, 2.24) is 5.48 Å². The molecule has 1 N–H and O–H groups in total. The lowest BCUT2D eigenvalue weighted by Crippen LogP contribution is -2.16. The fourth-order valence-electron chi connectivity index (χ4n) is 2.42. The van der Waals surface area contributed by atoms with Gasteiger partial charge in [0.2, 0.25) is 6.08 Å². The molecule has 0 aliphatic carbocycles. The fourth-order valence-corrected chi connectivity index (χ4v) is 2.42. The summed E-state index contributed by atoms with van der Waals surface area (Å²) < 4.78 is 0. The molecule has 21 heavy (non-hydrogen) atoms. The Hall–Kier alpha value is -2.68. The van der Waals surface area contributed by atoms with E-state index < -0.39 is 0 Å². The molecule has 0 fully saturated rings. The van der Waals surface area contributed by atoms with E-state index >= 15 is 0 Å². The Kier molecular flexibility index (Phi) is 3.92. The molecule has 0 bridgehead atoms. The highest BCUT2D eigenvalue weighted by Crippen LogP contribution is 2.33. The molecule has 1 atom stereocenters. The second-order valence-electron chi connectivity index (χ2n) is 4.66. The zero-order valence-corrected chi connectivity index (χ0v) is 11.3. The monoisotopic (exact) mass is 278 g/mol. The van der Waals surface area contributed by atoms with E-state index in [-0.39, 0.29) is 12.6 Å². The number of benzene rings is 2. The molecule has 4 nitrogen and oxygen atoms in total. The van der Waals surface area contributed by atoms with Gasteiger partial charge in [-0.05, 0) is 5.56 Å². The standard InChI is InChI=1S/C17H14N2O2/c20-12-18-11-15-16(13-7-3-1-4-8-13)17(19-21-15)14-9-5-2-6-10-14/h1-10,15,19H,11H2. The zero-order valence-electron chi connectivity index (χ0n) is 11.3. The van der Waals surface area contributed by atoms with Gasteiger partial charge in [0.15, 0.2) is 0 Å². The molecule has 2 aromatic rings. The van der Waals surface area contributed by atoms with Crippen molar-refractivity contribution in [2.24, 2.45) is 4.99 Å². The Morgan fingerprint density at radius 3 is 2.24 bits per heavy atom. The molecule has 3 rings (SSSR count). The molecule has 0 amide bonds. The number of hydrogen-bond acceptors (Lipinski definition) is 4. The summed E-state index contributed by atoms with van der Waals surface area (Å²) in [6.07, 6.45) is 1.26. The third kappa shape index (κ3) is 2.77. The zero-order chi connectivity index (χ0) is 14.5. The number of hydrogen-bond donors (Lipinski definition) is 1. The highest BCUT2D eigenvalue weighted by Gasteiger charge is 2.28. The number of hydroxylamine groups is 1. The molecule has 0 spiro atoms. The lowest BCUT2D eigenvalue weighted by atomic mass is 9.96. The van der Waals surface area contributed by atoms with E-state index in [2.05, 4.69) is 10.5 Å². The highest BCUT2D eigenvalue weighted by molar-refractivity contribution is 5.93. The Bertz CT molecular complexity index is 689. The second kappa shape index (κ2) is 6.18. The van der Waals surface area contributed by atoms with Crippen LogP contribution >= 0.6 is 0 Å². The van der Waals surface area contributed by atoms with Crippen LogP contribution in [-0.2, 0) is 9.63 Å². The van der Waals surface area contributed by atoms with Gasteiger partial charge >= 0.3 is 0 Å². The maximum Gasteiger partial charge on any atom is 0.235 e. The first-order chi connectivity index (χ1) is 10.4. The molecule has 0 radical (unpaired) electrons. The molecule has 1 unspecified atom stereocenters. The summed E-state index contributed by atoms with van der Waals surface area (Å²) in [6, 6.07) is 19.9. The minimum absolute atomic E-state index is 0.247. The molecule has 4 heteroatoms. The van der Waals surface area contributed by atoms with Crippen molar-refractivity contribution in [3.8, 4) is 0 Å². The fraction of sp³-hybridized carbons (Fsp3) is 0.118. The third-order valence-electron chi connectivity index (χ3n) is 3.36. The van der Waals surface area contributed by atoms with Crippen LogP contribution in [0.5, 0.6) is 0 Å². The summed E-state index contributed by atoms with van der Waals surface area (Å²) >= 11 is 0. The first-order valence-electron chi connectivity index (χ1n) is 6.70. The van der Waals surface area contributed by atoms with E-state index in [4.69, 9.17) is 4.84 Å². The topological polar surface area (TPSA) is 50.7 Å². The van der Waals surface area contributed by atoms with Gasteiger partial charge in [-0.3, -0.25) is 10.3 Å². The molecule has 1 heterocycles. The van der Waals surface area contributed by atoms with Crippen molar-refractivity contribution >= 4 is 17.4 Å². The van der Waals surface area contributed by atoms with E-state index in [1.807, 2.05) is 60.7 Å². The van der Waals surface area contributed by atoms with Crippen molar-refractivity contribution in [2.45, 2.75) is 6.10 Å². The first kappa shape index (κ1) is 13.3. The third-order valence-corrected chi connectivity index (χ3v) is 3.36. The van der Waals surface area contributed by atoms with Crippen LogP contribution in [-0.4, -0.2) is 18.7 Å². The van der Waals surface area contributed by atoms with Crippen LogP contribution < -0.4 is 5.48 Å². The number of isocyanates is 1. The molecule has 1 aliphatic heterocycles. The van der Waals surface area contributed by atoms with Gasteiger partial charge in [0.05, 0.1) is 12.2 Å². The minimum atomic E-state index is -0.302. The van der Waals surface area contributed by atoms with Crippen molar-refractivity contribution < 1.29 is 9.63 Å². The van der Waals surface area contributed by atoms with Gasteiger partial charge in [-0.2, -0.15) is 0 Å². The highest BCUT2D eigenvalue weighted by atomic mass is 16.7. The van der Waals surface area contributed by atoms with Gasteiger partial charge in [0, 0.05) is 11.1 Å². The van der Waals surface area contributed by atoms with Crippen LogP contribution in [0.4, 0.5) is 0 Å². The molecular formula is C17H14N2O2. The summed E-state index contributed by atoms with van der Waals surface area (Å²) in [5.74, 6) is 0. The maximum absolute atomic E-state index is 10.4. The van der Waals surface area contributed by atoms with Crippen LogP contribution in [0, 0.1) is 0 Å². The van der Waals surface area contributed by atoms with Crippen LogP contribution in [0.15, 0.2) is 65.7 Å². The average molecular weight is 278 g/mol. The van der Waals surface area contributed by atoms with Crippen molar-refractivity contribution in [3.05, 3.63) is 71.8 Å². The lowest BCUT2D eigenvalue weighted by molar-refractivity contribution is 0.0607. The number of rotatable bonds is 4. The van der Waals surface area contributed by atoms with Gasteiger partial charge in [-0.25, -0.2) is 9.79 Å². The number of nitrogens with one attached hydrogen (secondary N) is 1. The smallest absolute Gasteiger partial charge is 0.235 e. The quantitative estimate of drug-likeness (QED) is 0.691. The van der Waals surface area contributed by atoms with E-state index in [9.17, 15) is 4.79 Å². The lowest BCUT2D eigenvalue weighted by Gasteiger charge is -2.10. The van der Waals surface area contributed by atoms with Gasteiger partial charge in [-0.1, -0.05) is 60.7 Å². The minimum Gasteiger partial charge on any atom is -0.266 e. The normalized spacial score (nSPS) is 17.2. The van der Waals surface area contributed by atoms with Crippen molar-refractivity contribution in [3.63, 3.8) is 0 Å². The molecule has 1 aliphatic rings. The molecule has 0 saturated carbocycles. The van der Waals surface area contributed by atoms with Gasteiger partial charge in [0.1, 0.15) is 6.10 Å². The molecule has 104 valence electrons. The number of aliphatic imine (C=N–C) groups is 1. The van der Waals surface area contributed by atoms with E-state index in [0.29, 0.717) is 0 Å². The van der Waals surface area contributed by atoms with E-state index in [1.165, 1.54) is 0 Å². The van der Waals surface area contributed by atoms with E-state index in [0.717, 1.165) is 22.4 Å². The predicted molar refractivity (Wildman–Crippen MR) is 80.7 cm³/mol. The number of carbonyl (C=O) groups excluding carboxylic acids is 1. The summed E-state index contributed by atoms with van der Waals surface area (Å²) in [5.41, 5.74) is 6.97. The van der Waals surface area contributed by atoms with Gasteiger partial charge in [0.25, 0.3) is 0 Å². The largest absolute Gasteiger partial charge is 0.266 e. The summed E-state index contributed by atoms with van der Waals surface area (Å²) in [6.45, 7) is 0.247. The van der Waals surface area contributed by atoms with Crippen LogP contribution in [0.1, 0.15) is 11.1 Å². The second-order valence-corrected chi connectivity index (χ2v) is 4.66. The van der Waals surface area contributed by atoms with E-state index in [1.54, 1.807) is 6.08 Å². The van der Waals surface area contributed by atoms with Crippen molar-refractivity contribution in [1.29, 1.82) is 0 Å². The SMILES string of the molecule is O=C=NCC1ONC(c2ccccc2)=C1c1ccccc1. The average Bonchev–Trinajstić information content (AvgIpc) is 2.98. The molecular weight excluding hydrogens is 264 g/mol. The Balaban J connectivity index is 2.09. The van der Waals surface area contributed by atoms with Crippen LogP contribution in [0.3, 0.4) is 0 Å². The predicted octanol–water partition coefficient (Wildman–Crippen LogP) is 2.79. The van der Waals surface area contributed by atoms with Crippen LogP contribution in [0.2, 0.25) is 0 Å². The maximum atomic E-state index is 10.4. The summed E-state index contributed by atoms with van der Waals surface area (Å²) in [5, 5.41) is 0. The van der Waals surface area contributed by atoms with Gasteiger partial charge < -0.3 is 0 Å². The molecule has 0 saturated heterocycles. The Labute approximate surface area is 122 Å². The van der Waals surface area contributed by atoms with Crippen molar-refractivity contribution in [2.75, 3.05) is 6.54 Å². The van der Waals surface area contributed by atoms with Gasteiger partial charge in [-0.15, -0.1) is 0 Å². The summed E-state index contributed by atoms with van der Waals surface area (Å²) in [7, 11) is 0. The molecule has 2 aromatic carbocycles. The molecule has 0 aromatic heterocycles. The Morgan fingerprint density at radius 2 is 1.62 bits per heavy atom.